The summed E-state index contributed by atoms with van der Waals surface area (Å²) in [6.45, 7) is 12.1. The molecule has 0 heteroatoms. The molecule has 0 nitrogen and oxygen atoms in total. The van der Waals surface area contributed by atoms with E-state index in [2.05, 4.69) is 45.2 Å². The van der Waals surface area contributed by atoms with Gasteiger partial charge in [-0.05, 0) is 46.0 Å². The molecule has 0 aliphatic heterocycles. The molecule has 1 aromatic rings. The zero-order chi connectivity index (χ0) is 11.0. The third-order valence-corrected chi connectivity index (χ3v) is 3.04. The van der Waals surface area contributed by atoms with Gasteiger partial charge in [0, 0.05) is 0 Å². The predicted molar refractivity (Wildman–Crippen MR) is 68.7 cm³/mol. The van der Waals surface area contributed by atoms with Crippen LogP contribution in [0.4, 0.5) is 0 Å². The maximum atomic E-state index is 3.87. The van der Waals surface area contributed by atoms with Gasteiger partial charge in [0.2, 0.25) is 0 Å². The van der Waals surface area contributed by atoms with Crippen molar-refractivity contribution in [2.75, 3.05) is 0 Å². The lowest BCUT2D eigenvalue weighted by atomic mass is 9.99. The summed E-state index contributed by atoms with van der Waals surface area (Å²) in [6.07, 6.45) is 8.43. The molecular weight excluding hydrogens is 180 g/mol. The quantitative estimate of drug-likeness (QED) is 0.681. The van der Waals surface area contributed by atoms with Crippen molar-refractivity contribution >= 4 is 24.3 Å². The van der Waals surface area contributed by atoms with Gasteiger partial charge < -0.3 is 0 Å². The third-order valence-electron chi connectivity index (χ3n) is 3.04. The lowest BCUT2D eigenvalue weighted by Gasteiger charge is -2.05. The molecule has 76 valence electrons. The standard InChI is InChI=1S/C15H16/c1-5-12-9-13-7-10(3)8-15(13)11(4)14(12)6-2/h5-10H,1-2H2,3-4H3. The summed E-state index contributed by atoms with van der Waals surface area (Å²) in [6, 6.07) is 2.20. The smallest absolute Gasteiger partial charge is 0.00634 e. The van der Waals surface area contributed by atoms with Crippen LogP contribution in [0.25, 0.3) is 24.3 Å². The average molecular weight is 196 g/mol. The first kappa shape index (κ1) is 9.97. The lowest BCUT2D eigenvalue weighted by Crippen LogP contribution is -2.26. The number of hydrogen-bond acceptors (Lipinski definition) is 0. The monoisotopic (exact) mass is 196 g/mol. The Balaban J connectivity index is 2.91. The Hall–Kier alpha value is -1.56. The highest BCUT2D eigenvalue weighted by molar-refractivity contribution is 5.69. The van der Waals surface area contributed by atoms with E-state index in [1.54, 1.807) is 0 Å². The molecule has 1 aliphatic carbocycles. The number of hydrogen-bond donors (Lipinski definition) is 0. The van der Waals surface area contributed by atoms with Crippen molar-refractivity contribution < 1.29 is 0 Å². The van der Waals surface area contributed by atoms with Gasteiger partial charge in [-0.15, -0.1) is 0 Å². The zero-order valence-electron chi connectivity index (χ0n) is 9.38. The van der Waals surface area contributed by atoms with E-state index in [0.717, 1.165) is 0 Å². The summed E-state index contributed by atoms with van der Waals surface area (Å²) in [7, 11) is 0. The zero-order valence-corrected chi connectivity index (χ0v) is 9.38. The molecule has 0 amide bonds. The van der Waals surface area contributed by atoms with Crippen molar-refractivity contribution in [2.45, 2.75) is 13.8 Å². The maximum absolute atomic E-state index is 3.87. The fourth-order valence-electron chi connectivity index (χ4n) is 2.29. The minimum atomic E-state index is 0.538. The lowest BCUT2D eigenvalue weighted by molar-refractivity contribution is 1.07. The van der Waals surface area contributed by atoms with Crippen LogP contribution in [-0.4, -0.2) is 0 Å². The fraction of sp³-hybridized carbons (Fsp3) is 0.200. The minimum absolute atomic E-state index is 0.538. The highest BCUT2D eigenvalue weighted by Gasteiger charge is 2.08. The van der Waals surface area contributed by atoms with Gasteiger partial charge in [0.15, 0.2) is 0 Å². The van der Waals surface area contributed by atoms with Crippen LogP contribution >= 0.6 is 0 Å². The molecular formula is C15H16. The molecule has 1 atom stereocenters. The van der Waals surface area contributed by atoms with E-state index in [0.29, 0.717) is 5.92 Å². The SMILES string of the molecule is C=Cc1cc2c(c(C)c1C=C)=CC(C)C=2. The van der Waals surface area contributed by atoms with Gasteiger partial charge in [-0.3, -0.25) is 0 Å². The molecule has 2 rings (SSSR count). The Morgan fingerprint density at radius 2 is 1.93 bits per heavy atom. The van der Waals surface area contributed by atoms with E-state index in [9.17, 15) is 0 Å². The van der Waals surface area contributed by atoms with Crippen molar-refractivity contribution in [3.8, 4) is 0 Å². The topological polar surface area (TPSA) is 0 Å². The first-order valence-electron chi connectivity index (χ1n) is 5.29. The number of fused-ring (bicyclic) bond motifs is 1. The van der Waals surface area contributed by atoms with E-state index >= 15 is 0 Å². The van der Waals surface area contributed by atoms with Crippen LogP contribution in [0.2, 0.25) is 0 Å². The Kier molecular flexibility index (Phi) is 2.36. The van der Waals surface area contributed by atoms with Crippen molar-refractivity contribution in [1.82, 2.24) is 0 Å². The molecule has 1 unspecified atom stereocenters. The first-order chi connectivity index (χ1) is 7.17. The van der Waals surface area contributed by atoms with Crippen LogP contribution in [0, 0.1) is 12.8 Å². The van der Waals surface area contributed by atoms with Crippen LogP contribution in [0.15, 0.2) is 19.2 Å². The van der Waals surface area contributed by atoms with Crippen molar-refractivity contribution in [3.63, 3.8) is 0 Å². The van der Waals surface area contributed by atoms with E-state index in [1.807, 2.05) is 12.2 Å². The Morgan fingerprint density at radius 1 is 1.20 bits per heavy atom. The highest BCUT2D eigenvalue weighted by atomic mass is 14.1. The van der Waals surface area contributed by atoms with Gasteiger partial charge in [-0.1, -0.05) is 44.4 Å². The van der Waals surface area contributed by atoms with E-state index in [-0.39, 0.29) is 0 Å². The summed E-state index contributed by atoms with van der Waals surface area (Å²) in [5, 5.41) is 2.70. The first-order valence-corrected chi connectivity index (χ1v) is 5.29. The highest BCUT2D eigenvalue weighted by Crippen LogP contribution is 2.14. The molecule has 0 N–H and O–H groups in total. The second-order valence-electron chi connectivity index (χ2n) is 4.11. The van der Waals surface area contributed by atoms with E-state index in [4.69, 9.17) is 0 Å². The van der Waals surface area contributed by atoms with Gasteiger partial charge in [0.25, 0.3) is 0 Å². The minimum Gasteiger partial charge on any atom is -0.0984 e. The predicted octanol–water partition coefficient (Wildman–Crippen LogP) is 2.49. The van der Waals surface area contributed by atoms with Crippen LogP contribution < -0.4 is 10.4 Å². The fourth-order valence-corrected chi connectivity index (χ4v) is 2.29. The Morgan fingerprint density at radius 3 is 2.53 bits per heavy atom. The number of benzene rings is 1. The molecule has 1 aromatic carbocycles. The molecule has 0 saturated heterocycles. The number of rotatable bonds is 2. The molecule has 1 aliphatic rings. The van der Waals surface area contributed by atoms with Gasteiger partial charge in [-0.2, -0.15) is 0 Å². The summed E-state index contributed by atoms with van der Waals surface area (Å²) in [5.41, 5.74) is 3.71. The summed E-state index contributed by atoms with van der Waals surface area (Å²) < 4.78 is 0. The van der Waals surface area contributed by atoms with Crippen molar-refractivity contribution in [3.05, 3.63) is 46.4 Å². The van der Waals surface area contributed by atoms with Gasteiger partial charge in [0.1, 0.15) is 0 Å². The molecule has 0 radical (unpaired) electrons. The van der Waals surface area contributed by atoms with E-state index in [1.165, 1.54) is 27.1 Å². The molecule has 0 fully saturated rings. The Bertz CT molecular complexity index is 544. The van der Waals surface area contributed by atoms with Crippen LogP contribution in [-0.2, 0) is 0 Å². The molecule has 0 aromatic heterocycles. The van der Waals surface area contributed by atoms with Crippen LogP contribution in [0.5, 0.6) is 0 Å². The van der Waals surface area contributed by atoms with Gasteiger partial charge >= 0.3 is 0 Å². The molecule has 15 heavy (non-hydrogen) atoms. The summed E-state index contributed by atoms with van der Waals surface area (Å²) in [5.74, 6) is 0.538. The molecule has 0 bridgehead atoms. The summed E-state index contributed by atoms with van der Waals surface area (Å²) in [4.78, 5) is 0. The third kappa shape index (κ3) is 1.46. The Labute approximate surface area is 91.0 Å². The van der Waals surface area contributed by atoms with Crippen LogP contribution in [0.3, 0.4) is 0 Å². The van der Waals surface area contributed by atoms with Crippen molar-refractivity contribution in [2.24, 2.45) is 5.92 Å². The summed E-state index contributed by atoms with van der Waals surface area (Å²) >= 11 is 0. The largest absolute Gasteiger partial charge is 0.0984 e. The second-order valence-corrected chi connectivity index (χ2v) is 4.11. The normalized spacial score (nSPS) is 17.6. The van der Waals surface area contributed by atoms with E-state index < -0.39 is 0 Å². The second kappa shape index (κ2) is 3.54. The van der Waals surface area contributed by atoms with Crippen LogP contribution in [0.1, 0.15) is 23.6 Å². The van der Waals surface area contributed by atoms with Gasteiger partial charge in [-0.25, -0.2) is 0 Å². The van der Waals surface area contributed by atoms with Gasteiger partial charge in [0.05, 0.1) is 0 Å². The van der Waals surface area contributed by atoms with Crippen molar-refractivity contribution in [1.29, 1.82) is 0 Å². The maximum Gasteiger partial charge on any atom is -0.00634 e. The molecule has 0 saturated carbocycles. The molecule has 0 heterocycles. The molecule has 0 spiro atoms. The average Bonchev–Trinajstić information content (AvgIpc) is 2.59.